The van der Waals surface area contributed by atoms with Crippen LogP contribution in [0, 0.1) is 13.8 Å². The molecular weight excluding hydrogens is 242 g/mol. The zero-order valence-electron chi connectivity index (χ0n) is 11.1. The van der Waals surface area contributed by atoms with E-state index >= 15 is 0 Å². The Bertz CT molecular complexity index is 520. The molecule has 0 aliphatic heterocycles. The molecule has 0 unspecified atom stereocenters. The van der Waals surface area contributed by atoms with Gasteiger partial charge in [-0.05, 0) is 42.3 Å². The van der Waals surface area contributed by atoms with Crippen LogP contribution in [0.25, 0.3) is 0 Å². The normalized spacial score (nSPS) is 10.7. The van der Waals surface area contributed by atoms with E-state index in [-0.39, 0.29) is 0 Å². The van der Waals surface area contributed by atoms with Crippen molar-refractivity contribution in [3.8, 4) is 0 Å². The number of anilines is 1. The molecule has 0 aromatic carbocycles. The number of pyridine rings is 1. The molecule has 0 atom stereocenters. The first kappa shape index (κ1) is 13.1. The molecule has 96 valence electrons. The number of nitrogens with two attached hydrogens (primary N) is 1. The van der Waals surface area contributed by atoms with Gasteiger partial charge in [-0.25, -0.2) is 0 Å². The van der Waals surface area contributed by atoms with Crippen molar-refractivity contribution >= 4 is 17.0 Å². The van der Waals surface area contributed by atoms with Crippen LogP contribution in [-0.4, -0.2) is 12.0 Å². The van der Waals surface area contributed by atoms with Crippen LogP contribution in [0.15, 0.2) is 22.9 Å². The summed E-state index contributed by atoms with van der Waals surface area (Å²) in [5.74, 6) is 0. The van der Waals surface area contributed by atoms with Gasteiger partial charge in [0, 0.05) is 42.8 Å². The average Bonchev–Trinajstić information content (AvgIpc) is 2.80. The van der Waals surface area contributed by atoms with Crippen molar-refractivity contribution in [2.45, 2.75) is 26.9 Å². The van der Waals surface area contributed by atoms with Gasteiger partial charge in [-0.2, -0.15) is 11.3 Å². The molecule has 0 bridgehead atoms. The average molecular weight is 261 g/mol. The third-order valence-corrected chi connectivity index (χ3v) is 3.78. The van der Waals surface area contributed by atoms with E-state index in [2.05, 4.69) is 39.8 Å². The van der Waals surface area contributed by atoms with Gasteiger partial charge >= 0.3 is 0 Å². The standard InChI is InChI=1S/C14H19N3S/c1-10-6-14(13(7-15)11(2)16-10)17(3)8-12-4-5-18-9-12/h4-6,9H,7-8,15H2,1-3H3. The lowest BCUT2D eigenvalue weighted by Gasteiger charge is -2.23. The van der Waals surface area contributed by atoms with Crippen molar-refractivity contribution in [1.82, 2.24) is 4.98 Å². The number of nitrogens with zero attached hydrogens (tertiary/aromatic N) is 2. The highest BCUT2D eigenvalue weighted by Gasteiger charge is 2.11. The van der Waals surface area contributed by atoms with Crippen molar-refractivity contribution in [3.63, 3.8) is 0 Å². The largest absolute Gasteiger partial charge is 0.370 e. The zero-order chi connectivity index (χ0) is 13.1. The fraction of sp³-hybridized carbons (Fsp3) is 0.357. The summed E-state index contributed by atoms with van der Waals surface area (Å²) in [6.45, 7) is 5.48. The predicted molar refractivity (Wildman–Crippen MR) is 78.0 cm³/mol. The van der Waals surface area contributed by atoms with Crippen molar-refractivity contribution in [2.24, 2.45) is 5.73 Å². The predicted octanol–water partition coefficient (Wildman–Crippen LogP) is 2.86. The molecule has 2 aromatic rings. The minimum absolute atomic E-state index is 0.530. The highest BCUT2D eigenvalue weighted by Crippen LogP contribution is 2.24. The first-order chi connectivity index (χ1) is 8.61. The Kier molecular flexibility index (Phi) is 3.99. The summed E-state index contributed by atoms with van der Waals surface area (Å²) in [7, 11) is 2.10. The molecule has 0 spiro atoms. The molecule has 3 nitrogen and oxygen atoms in total. The summed E-state index contributed by atoms with van der Waals surface area (Å²) < 4.78 is 0. The number of aromatic nitrogens is 1. The molecule has 2 rings (SSSR count). The number of aryl methyl sites for hydroxylation is 2. The summed E-state index contributed by atoms with van der Waals surface area (Å²) in [4.78, 5) is 6.72. The van der Waals surface area contributed by atoms with E-state index in [1.54, 1.807) is 11.3 Å². The van der Waals surface area contributed by atoms with Crippen LogP contribution in [0.2, 0.25) is 0 Å². The third kappa shape index (κ3) is 2.71. The van der Waals surface area contributed by atoms with E-state index < -0.39 is 0 Å². The molecule has 0 aliphatic rings. The molecule has 2 aromatic heterocycles. The highest BCUT2D eigenvalue weighted by atomic mass is 32.1. The van der Waals surface area contributed by atoms with Crippen LogP contribution in [-0.2, 0) is 13.1 Å². The van der Waals surface area contributed by atoms with Gasteiger partial charge in [-0.3, -0.25) is 4.98 Å². The van der Waals surface area contributed by atoms with Gasteiger partial charge in [-0.1, -0.05) is 0 Å². The second kappa shape index (κ2) is 5.50. The van der Waals surface area contributed by atoms with Gasteiger partial charge < -0.3 is 10.6 Å². The maximum absolute atomic E-state index is 5.85. The van der Waals surface area contributed by atoms with Gasteiger partial charge in [0.15, 0.2) is 0 Å². The van der Waals surface area contributed by atoms with Crippen LogP contribution in [0.3, 0.4) is 0 Å². The molecule has 18 heavy (non-hydrogen) atoms. The third-order valence-electron chi connectivity index (χ3n) is 3.05. The molecule has 2 N–H and O–H groups in total. The van der Waals surface area contributed by atoms with Crippen LogP contribution >= 0.6 is 11.3 Å². The minimum Gasteiger partial charge on any atom is -0.370 e. The summed E-state index contributed by atoms with van der Waals surface area (Å²) in [6.07, 6.45) is 0. The maximum Gasteiger partial charge on any atom is 0.0448 e. The summed E-state index contributed by atoms with van der Waals surface area (Å²) >= 11 is 1.73. The van der Waals surface area contributed by atoms with E-state index in [9.17, 15) is 0 Å². The molecule has 2 heterocycles. The Morgan fingerprint density at radius 2 is 2.17 bits per heavy atom. The van der Waals surface area contributed by atoms with E-state index in [0.29, 0.717) is 6.54 Å². The molecule has 0 amide bonds. The highest BCUT2D eigenvalue weighted by molar-refractivity contribution is 7.07. The van der Waals surface area contributed by atoms with Gasteiger partial charge in [0.1, 0.15) is 0 Å². The minimum atomic E-state index is 0.530. The zero-order valence-corrected chi connectivity index (χ0v) is 11.9. The first-order valence-electron chi connectivity index (χ1n) is 6.01. The smallest absolute Gasteiger partial charge is 0.0448 e. The number of thiophene rings is 1. The molecule has 0 saturated carbocycles. The van der Waals surface area contributed by atoms with Crippen LogP contribution < -0.4 is 10.6 Å². The van der Waals surface area contributed by atoms with Gasteiger partial charge in [0.25, 0.3) is 0 Å². The fourth-order valence-electron chi connectivity index (χ4n) is 2.17. The lowest BCUT2D eigenvalue weighted by molar-refractivity contribution is 0.888. The molecule has 0 radical (unpaired) electrons. The molecule has 0 saturated heterocycles. The monoisotopic (exact) mass is 261 g/mol. The molecule has 0 aliphatic carbocycles. The van der Waals surface area contributed by atoms with Gasteiger partial charge in [-0.15, -0.1) is 0 Å². The van der Waals surface area contributed by atoms with Crippen molar-refractivity contribution in [3.05, 3.63) is 45.4 Å². The first-order valence-corrected chi connectivity index (χ1v) is 6.95. The topological polar surface area (TPSA) is 42.1 Å². The van der Waals surface area contributed by atoms with Crippen LogP contribution in [0.1, 0.15) is 22.5 Å². The maximum atomic E-state index is 5.85. The number of hydrogen-bond donors (Lipinski definition) is 1. The Balaban J connectivity index is 2.31. The Morgan fingerprint density at radius 3 is 2.78 bits per heavy atom. The summed E-state index contributed by atoms with van der Waals surface area (Å²) in [5.41, 5.74) is 11.6. The molecule has 0 fully saturated rings. The lowest BCUT2D eigenvalue weighted by atomic mass is 10.1. The summed E-state index contributed by atoms with van der Waals surface area (Å²) in [6, 6.07) is 4.27. The van der Waals surface area contributed by atoms with Crippen LogP contribution in [0.5, 0.6) is 0 Å². The van der Waals surface area contributed by atoms with Crippen LogP contribution in [0.4, 0.5) is 5.69 Å². The lowest BCUT2D eigenvalue weighted by Crippen LogP contribution is -2.20. The van der Waals surface area contributed by atoms with Crippen molar-refractivity contribution < 1.29 is 0 Å². The van der Waals surface area contributed by atoms with Crippen molar-refractivity contribution in [1.29, 1.82) is 0 Å². The van der Waals surface area contributed by atoms with Crippen molar-refractivity contribution in [2.75, 3.05) is 11.9 Å². The van der Waals surface area contributed by atoms with E-state index in [1.807, 2.05) is 13.8 Å². The number of hydrogen-bond acceptors (Lipinski definition) is 4. The Hall–Kier alpha value is -1.39. The van der Waals surface area contributed by atoms with E-state index in [0.717, 1.165) is 23.5 Å². The summed E-state index contributed by atoms with van der Waals surface area (Å²) in [5, 5.41) is 4.29. The second-order valence-corrected chi connectivity index (χ2v) is 5.32. The number of rotatable bonds is 4. The fourth-order valence-corrected chi connectivity index (χ4v) is 2.83. The van der Waals surface area contributed by atoms with E-state index in [1.165, 1.54) is 11.3 Å². The Labute approximate surface area is 112 Å². The molecule has 4 heteroatoms. The quantitative estimate of drug-likeness (QED) is 0.920. The van der Waals surface area contributed by atoms with Gasteiger partial charge in [0.2, 0.25) is 0 Å². The van der Waals surface area contributed by atoms with E-state index in [4.69, 9.17) is 5.73 Å². The van der Waals surface area contributed by atoms with Gasteiger partial charge in [0.05, 0.1) is 0 Å². The molecular formula is C14H19N3S. The Morgan fingerprint density at radius 1 is 1.39 bits per heavy atom. The SMILES string of the molecule is Cc1cc(N(C)Cc2ccsc2)c(CN)c(C)n1. The second-order valence-electron chi connectivity index (χ2n) is 4.54.